The van der Waals surface area contributed by atoms with Crippen LogP contribution in [0.25, 0.3) is 9.88 Å². The molecular formula is C8H8FN3S2. The molecule has 0 saturated heterocycles. The maximum atomic E-state index is 13.2. The molecule has 0 bridgehead atoms. The molecule has 6 heteroatoms. The van der Waals surface area contributed by atoms with Crippen LogP contribution in [0.3, 0.4) is 0 Å². The SMILES string of the molecule is NCCc1nnc(-c2sccc2F)s1. The van der Waals surface area contributed by atoms with E-state index in [4.69, 9.17) is 5.73 Å². The van der Waals surface area contributed by atoms with E-state index in [-0.39, 0.29) is 5.82 Å². The van der Waals surface area contributed by atoms with Gasteiger partial charge in [-0.1, -0.05) is 11.3 Å². The van der Waals surface area contributed by atoms with E-state index < -0.39 is 0 Å². The molecule has 2 aromatic heterocycles. The van der Waals surface area contributed by atoms with Gasteiger partial charge in [-0.3, -0.25) is 0 Å². The van der Waals surface area contributed by atoms with Crippen molar-refractivity contribution in [2.75, 3.05) is 6.54 Å². The van der Waals surface area contributed by atoms with E-state index >= 15 is 0 Å². The minimum Gasteiger partial charge on any atom is -0.330 e. The monoisotopic (exact) mass is 229 g/mol. The van der Waals surface area contributed by atoms with Crippen molar-refractivity contribution in [1.29, 1.82) is 0 Å². The molecule has 0 fully saturated rings. The molecule has 0 saturated carbocycles. The quantitative estimate of drug-likeness (QED) is 0.874. The van der Waals surface area contributed by atoms with Crippen LogP contribution in [0.5, 0.6) is 0 Å². The lowest BCUT2D eigenvalue weighted by molar-refractivity contribution is 0.636. The van der Waals surface area contributed by atoms with Crippen LogP contribution in [0.4, 0.5) is 4.39 Å². The predicted octanol–water partition coefficient (Wildman–Crippen LogP) is 1.91. The Morgan fingerprint density at radius 1 is 1.43 bits per heavy atom. The van der Waals surface area contributed by atoms with Gasteiger partial charge in [-0.2, -0.15) is 0 Å². The average Bonchev–Trinajstić information content (AvgIpc) is 2.74. The average molecular weight is 229 g/mol. The third kappa shape index (κ3) is 1.82. The first kappa shape index (κ1) is 9.70. The first-order valence-electron chi connectivity index (χ1n) is 4.07. The molecule has 2 rings (SSSR count). The highest BCUT2D eigenvalue weighted by molar-refractivity contribution is 7.20. The maximum absolute atomic E-state index is 13.2. The standard InChI is InChI=1S/C8H8FN3S2/c9-5-2-4-13-7(5)8-12-11-6(14-8)1-3-10/h2,4H,1,3,10H2. The largest absolute Gasteiger partial charge is 0.330 e. The zero-order valence-electron chi connectivity index (χ0n) is 7.24. The fourth-order valence-corrected chi connectivity index (χ4v) is 2.73. The molecule has 0 unspecified atom stereocenters. The minimum atomic E-state index is -0.231. The minimum absolute atomic E-state index is 0.231. The van der Waals surface area contributed by atoms with Crippen LogP contribution >= 0.6 is 22.7 Å². The third-order valence-corrected chi connectivity index (χ3v) is 3.66. The fourth-order valence-electron chi connectivity index (χ4n) is 1.02. The van der Waals surface area contributed by atoms with E-state index in [2.05, 4.69) is 10.2 Å². The number of nitrogens with zero attached hydrogens (tertiary/aromatic N) is 2. The zero-order chi connectivity index (χ0) is 9.97. The Balaban J connectivity index is 2.29. The lowest BCUT2D eigenvalue weighted by atomic mass is 10.5. The molecule has 0 atom stereocenters. The summed E-state index contributed by atoms with van der Waals surface area (Å²) in [7, 11) is 0. The van der Waals surface area contributed by atoms with Gasteiger partial charge in [0.1, 0.15) is 15.7 Å². The lowest BCUT2D eigenvalue weighted by Gasteiger charge is -1.87. The molecule has 14 heavy (non-hydrogen) atoms. The van der Waals surface area contributed by atoms with Gasteiger partial charge in [0, 0.05) is 6.42 Å². The van der Waals surface area contributed by atoms with Crippen molar-refractivity contribution in [2.24, 2.45) is 5.73 Å². The Kier molecular flexibility index (Phi) is 2.85. The van der Waals surface area contributed by atoms with Crippen LogP contribution in [0.1, 0.15) is 5.01 Å². The molecular weight excluding hydrogens is 221 g/mol. The van der Waals surface area contributed by atoms with Crippen LogP contribution in [-0.2, 0) is 6.42 Å². The van der Waals surface area contributed by atoms with Crippen LogP contribution in [0, 0.1) is 5.82 Å². The van der Waals surface area contributed by atoms with Gasteiger partial charge in [-0.05, 0) is 18.0 Å². The molecule has 0 aliphatic heterocycles. The molecule has 0 radical (unpaired) electrons. The Morgan fingerprint density at radius 3 is 2.93 bits per heavy atom. The Labute approximate surface area is 88.4 Å². The van der Waals surface area contributed by atoms with Gasteiger partial charge in [-0.25, -0.2) is 4.39 Å². The second-order valence-corrected chi connectivity index (χ2v) is 4.62. The molecule has 0 aromatic carbocycles. The van der Waals surface area contributed by atoms with E-state index in [1.165, 1.54) is 28.7 Å². The molecule has 0 spiro atoms. The highest BCUT2D eigenvalue weighted by atomic mass is 32.1. The van der Waals surface area contributed by atoms with E-state index in [9.17, 15) is 4.39 Å². The topological polar surface area (TPSA) is 51.8 Å². The van der Waals surface area contributed by atoms with Crippen LogP contribution in [-0.4, -0.2) is 16.7 Å². The Bertz CT molecular complexity index is 424. The number of hydrogen-bond donors (Lipinski definition) is 1. The van der Waals surface area contributed by atoms with Gasteiger partial charge in [0.15, 0.2) is 5.01 Å². The first-order chi connectivity index (χ1) is 6.81. The summed E-state index contributed by atoms with van der Waals surface area (Å²) in [5.74, 6) is -0.231. The summed E-state index contributed by atoms with van der Waals surface area (Å²) in [5.41, 5.74) is 5.39. The Hall–Kier alpha value is -0.850. The van der Waals surface area contributed by atoms with Gasteiger partial charge < -0.3 is 5.73 Å². The zero-order valence-corrected chi connectivity index (χ0v) is 8.87. The summed E-state index contributed by atoms with van der Waals surface area (Å²) in [6, 6.07) is 1.43. The summed E-state index contributed by atoms with van der Waals surface area (Å²) >= 11 is 2.73. The number of aromatic nitrogens is 2. The second kappa shape index (κ2) is 4.12. The van der Waals surface area contributed by atoms with Crippen LogP contribution in [0.2, 0.25) is 0 Å². The number of thiophene rings is 1. The fraction of sp³-hybridized carbons (Fsp3) is 0.250. The highest BCUT2D eigenvalue weighted by Gasteiger charge is 2.11. The predicted molar refractivity (Wildman–Crippen MR) is 55.9 cm³/mol. The van der Waals surface area contributed by atoms with Gasteiger partial charge in [0.05, 0.1) is 0 Å². The normalized spacial score (nSPS) is 10.7. The molecule has 3 nitrogen and oxygen atoms in total. The van der Waals surface area contributed by atoms with E-state index in [0.29, 0.717) is 22.9 Å². The van der Waals surface area contributed by atoms with E-state index in [1.54, 1.807) is 5.38 Å². The second-order valence-electron chi connectivity index (χ2n) is 2.64. The van der Waals surface area contributed by atoms with E-state index in [0.717, 1.165) is 5.01 Å². The lowest BCUT2D eigenvalue weighted by Crippen LogP contribution is -2.01. The van der Waals surface area contributed by atoms with Crippen molar-refractivity contribution >= 4 is 22.7 Å². The van der Waals surface area contributed by atoms with Gasteiger partial charge in [0.25, 0.3) is 0 Å². The molecule has 2 aromatic rings. The molecule has 74 valence electrons. The summed E-state index contributed by atoms with van der Waals surface area (Å²) in [5, 5.41) is 11.1. The highest BCUT2D eigenvalue weighted by Crippen LogP contribution is 2.30. The van der Waals surface area contributed by atoms with Gasteiger partial charge in [0.2, 0.25) is 0 Å². The molecule has 2 heterocycles. The summed E-state index contributed by atoms with van der Waals surface area (Å²) in [4.78, 5) is 0.561. The first-order valence-corrected chi connectivity index (χ1v) is 5.76. The summed E-state index contributed by atoms with van der Waals surface area (Å²) < 4.78 is 13.2. The number of halogens is 1. The van der Waals surface area contributed by atoms with Crippen molar-refractivity contribution in [1.82, 2.24) is 10.2 Å². The number of nitrogens with two attached hydrogens (primary N) is 1. The van der Waals surface area contributed by atoms with Crippen molar-refractivity contribution in [3.05, 3.63) is 22.3 Å². The third-order valence-electron chi connectivity index (χ3n) is 1.64. The van der Waals surface area contributed by atoms with E-state index in [1.807, 2.05) is 0 Å². The molecule has 0 amide bonds. The van der Waals surface area contributed by atoms with Crippen LogP contribution < -0.4 is 5.73 Å². The van der Waals surface area contributed by atoms with Gasteiger partial charge >= 0.3 is 0 Å². The number of rotatable bonds is 3. The Morgan fingerprint density at radius 2 is 2.29 bits per heavy atom. The van der Waals surface area contributed by atoms with Crippen LogP contribution in [0.15, 0.2) is 11.4 Å². The molecule has 0 aliphatic carbocycles. The van der Waals surface area contributed by atoms with Crippen molar-refractivity contribution in [3.8, 4) is 9.88 Å². The van der Waals surface area contributed by atoms with Crippen molar-refractivity contribution in [3.63, 3.8) is 0 Å². The smallest absolute Gasteiger partial charge is 0.160 e. The van der Waals surface area contributed by atoms with Crippen molar-refractivity contribution in [2.45, 2.75) is 6.42 Å². The number of hydrogen-bond acceptors (Lipinski definition) is 5. The van der Waals surface area contributed by atoms with Crippen molar-refractivity contribution < 1.29 is 4.39 Å². The summed E-state index contributed by atoms with van der Waals surface area (Å²) in [6.45, 7) is 0.543. The van der Waals surface area contributed by atoms with Gasteiger partial charge in [-0.15, -0.1) is 21.5 Å². The maximum Gasteiger partial charge on any atom is 0.160 e. The summed E-state index contributed by atoms with van der Waals surface area (Å²) in [6.07, 6.45) is 0.699. The molecule has 0 aliphatic rings. The molecule has 2 N–H and O–H groups in total.